The lowest BCUT2D eigenvalue weighted by Crippen LogP contribution is -2.25. The van der Waals surface area contributed by atoms with Gasteiger partial charge in [0.15, 0.2) is 0 Å². The van der Waals surface area contributed by atoms with E-state index < -0.39 is 18.4 Å². The molecule has 0 heterocycles. The summed E-state index contributed by atoms with van der Waals surface area (Å²) in [6, 6.07) is 0. The van der Waals surface area contributed by atoms with Crippen LogP contribution in [-0.2, 0) is 23.8 Å². The van der Waals surface area contributed by atoms with E-state index in [1.54, 1.807) is 6.92 Å². The van der Waals surface area contributed by atoms with E-state index in [-0.39, 0.29) is 30.4 Å². The lowest BCUT2D eigenvalue weighted by atomic mass is 10.0. The molecule has 1 unspecified atom stereocenters. The van der Waals surface area contributed by atoms with Gasteiger partial charge in [-0.05, 0) is 74.2 Å². The fourth-order valence-electron chi connectivity index (χ4n) is 4.68. The predicted octanol–water partition coefficient (Wildman–Crippen LogP) is 10.7. The Morgan fingerprint density at radius 2 is 1.09 bits per heavy atom. The van der Waals surface area contributed by atoms with Crippen LogP contribution in [-0.4, -0.2) is 36.8 Å². The maximum absolute atomic E-state index is 13.2. The van der Waals surface area contributed by atoms with Crippen LogP contribution in [0.4, 0.5) is 16.2 Å². The number of rotatable bonds is 23. The molecular formula is C33H51I3N2O7. The molecule has 0 aliphatic carbocycles. The summed E-state index contributed by atoms with van der Waals surface area (Å²) in [6.07, 6.45) is 18.4. The fraction of sp³-hybridized carbons (Fsp3) is 0.697. The Labute approximate surface area is 310 Å². The molecule has 9 nitrogen and oxygen atoms in total. The molecule has 0 spiro atoms. The topological polar surface area (TPSA) is 120 Å². The Morgan fingerprint density at radius 3 is 1.53 bits per heavy atom. The summed E-state index contributed by atoms with van der Waals surface area (Å²) in [5, 5.41) is 5.52. The third-order valence-corrected chi connectivity index (χ3v) is 10.4. The summed E-state index contributed by atoms with van der Waals surface area (Å²) in [5.74, 6) is -1.34. The van der Waals surface area contributed by atoms with Crippen LogP contribution in [0.2, 0.25) is 0 Å². The van der Waals surface area contributed by atoms with Crippen LogP contribution in [0.1, 0.15) is 147 Å². The molecule has 1 atom stereocenters. The number of ether oxygens (including phenoxy) is 3. The number of benzene rings is 1. The molecule has 2 amide bonds. The molecular weight excluding hydrogens is 917 g/mol. The van der Waals surface area contributed by atoms with Crippen LogP contribution in [0.25, 0.3) is 0 Å². The first-order chi connectivity index (χ1) is 21.5. The number of nitrogens with one attached hydrogen (secondary N) is 2. The molecule has 0 aliphatic heterocycles. The van der Waals surface area contributed by atoms with Gasteiger partial charge in [0.05, 0.1) is 34.3 Å². The highest BCUT2D eigenvalue weighted by Crippen LogP contribution is 2.39. The van der Waals surface area contributed by atoms with E-state index >= 15 is 0 Å². The largest absolute Gasteiger partial charge is 0.511 e. The number of hydrogen-bond acceptors (Lipinski definition) is 7. The quantitative estimate of drug-likeness (QED) is 0.0485. The van der Waals surface area contributed by atoms with Gasteiger partial charge in [0.25, 0.3) is 0 Å². The number of anilines is 2. The van der Waals surface area contributed by atoms with Crippen LogP contribution < -0.4 is 10.6 Å². The molecule has 1 rings (SSSR count). The SMILES string of the molecule is CCCCCCCCCCCCCCCCCCOC(=O)OC(C)OC(=O)c1c(I)c(NC(C)=O)c(I)c(NC(=O)CC)c1I. The van der Waals surface area contributed by atoms with Crippen molar-refractivity contribution in [2.45, 2.75) is 143 Å². The highest BCUT2D eigenvalue weighted by atomic mass is 127. The Hall–Kier alpha value is -0.910. The average Bonchev–Trinajstić information content (AvgIpc) is 2.98. The van der Waals surface area contributed by atoms with Gasteiger partial charge in [0.2, 0.25) is 18.1 Å². The van der Waals surface area contributed by atoms with Gasteiger partial charge >= 0.3 is 12.1 Å². The van der Waals surface area contributed by atoms with Gasteiger partial charge in [0, 0.05) is 20.3 Å². The zero-order chi connectivity index (χ0) is 33.6. The van der Waals surface area contributed by atoms with Crippen molar-refractivity contribution in [1.29, 1.82) is 0 Å². The van der Waals surface area contributed by atoms with Crippen LogP contribution in [0.3, 0.4) is 0 Å². The third kappa shape index (κ3) is 17.7. The number of carbonyl (C=O) groups is 4. The van der Waals surface area contributed by atoms with Gasteiger partial charge in [-0.1, -0.05) is 110 Å². The van der Waals surface area contributed by atoms with Crippen LogP contribution in [0, 0.1) is 10.7 Å². The molecule has 1 aromatic carbocycles. The van der Waals surface area contributed by atoms with Crippen molar-refractivity contribution in [3.63, 3.8) is 0 Å². The van der Waals surface area contributed by atoms with Crippen LogP contribution >= 0.6 is 67.8 Å². The van der Waals surface area contributed by atoms with E-state index in [4.69, 9.17) is 14.2 Å². The predicted molar refractivity (Wildman–Crippen MR) is 205 cm³/mol. The maximum atomic E-state index is 13.2. The van der Waals surface area contributed by atoms with Crippen molar-refractivity contribution in [1.82, 2.24) is 0 Å². The highest BCUT2D eigenvalue weighted by Gasteiger charge is 2.28. The van der Waals surface area contributed by atoms with Crippen molar-refractivity contribution in [2.75, 3.05) is 17.2 Å². The fourth-order valence-corrected chi connectivity index (χ4v) is 8.82. The van der Waals surface area contributed by atoms with E-state index in [1.165, 1.54) is 97.3 Å². The number of esters is 1. The number of amides is 2. The van der Waals surface area contributed by atoms with Crippen molar-refractivity contribution in [3.05, 3.63) is 16.3 Å². The van der Waals surface area contributed by atoms with Crippen molar-refractivity contribution >= 4 is 103 Å². The van der Waals surface area contributed by atoms with E-state index in [2.05, 4.69) is 17.6 Å². The Kier molecular flexibility index (Phi) is 23.5. The van der Waals surface area contributed by atoms with Gasteiger partial charge in [0.1, 0.15) is 0 Å². The van der Waals surface area contributed by atoms with Gasteiger partial charge in [-0.2, -0.15) is 0 Å². The van der Waals surface area contributed by atoms with Gasteiger partial charge in [-0.25, -0.2) is 9.59 Å². The summed E-state index contributed by atoms with van der Waals surface area (Å²) in [7, 11) is 0. The summed E-state index contributed by atoms with van der Waals surface area (Å²) in [6.45, 7) is 6.99. The van der Waals surface area contributed by atoms with Gasteiger partial charge in [-0.3, -0.25) is 9.59 Å². The van der Waals surface area contributed by atoms with Crippen molar-refractivity contribution in [3.8, 4) is 0 Å². The standard InChI is InChI=1S/C33H51I3N2O7/c1-5-7-8-9-10-11-12-13-14-15-16-17-18-19-20-21-22-43-33(42)45-24(4)44-32(41)26-27(34)30(37-23(3)39)29(36)31(28(26)35)38-25(40)6-2/h24H,5-22H2,1-4H3,(H,37,39)(H,38,40). The van der Waals surface area contributed by atoms with Crippen molar-refractivity contribution < 1.29 is 33.4 Å². The normalized spacial score (nSPS) is 11.5. The monoisotopic (exact) mass is 968 g/mol. The van der Waals surface area contributed by atoms with E-state index in [0.29, 0.717) is 22.1 Å². The molecule has 0 saturated carbocycles. The minimum Gasteiger partial charge on any atom is -0.434 e. The zero-order valence-corrected chi connectivity index (χ0v) is 33.8. The first-order valence-corrected chi connectivity index (χ1v) is 19.6. The van der Waals surface area contributed by atoms with Gasteiger partial charge in [-0.15, -0.1) is 0 Å². The van der Waals surface area contributed by atoms with Crippen LogP contribution in [0.15, 0.2) is 0 Å². The molecule has 0 aromatic heterocycles. The minimum atomic E-state index is -1.21. The summed E-state index contributed by atoms with van der Waals surface area (Å²) in [4.78, 5) is 49.3. The van der Waals surface area contributed by atoms with E-state index in [1.807, 2.05) is 67.8 Å². The minimum absolute atomic E-state index is 0.142. The molecule has 256 valence electrons. The second-order valence-electron chi connectivity index (χ2n) is 11.1. The third-order valence-electron chi connectivity index (χ3n) is 7.16. The Bertz CT molecular complexity index is 1090. The Morgan fingerprint density at radius 1 is 0.644 bits per heavy atom. The molecule has 0 aliphatic rings. The number of hydrogen-bond donors (Lipinski definition) is 2. The number of halogens is 3. The van der Waals surface area contributed by atoms with Gasteiger partial charge < -0.3 is 24.8 Å². The molecule has 2 N–H and O–H groups in total. The highest BCUT2D eigenvalue weighted by molar-refractivity contribution is 14.1. The Balaban J connectivity index is 2.36. The molecule has 1 aromatic rings. The van der Waals surface area contributed by atoms with E-state index in [0.717, 1.165) is 19.3 Å². The molecule has 0 saturated heterocycles. The smallest absolute Gasteiger partial charge is 0.434 e. The number of carbonyl (C=O) groups excluding carboxylic acids is 4. The van der Waals surface area contributed by atoms with Crippen molar-refractivity contribution in [2.24, 2.45) is 0 Å². The lowest BCUT2D eigenvalue weighted by Gasteiger charge is -2.20. The maximum Gasteiger partial charge on any atom is 0.511 e. The summed E-state index contributed by atoms with van der Waals surface area (Å²) < 4.78 is 17.2. The summed E-state index contributed by atoms with van der Waals surface area (Å²) >= 11 is 5.92. The summed E-state index contributed by atoms with van der Waals surface area (Å²) in [5.41, 5.74) is 0.920. The lowest BCUT2D eigenvalue weighted by molar-refractivity contribution is -0.116. The zero-order valence-electron chi connectivity index (χ0n) is 27.3. The molecule has 0 fully saturated rings. The molecule has 0 bridgehead atoms. The second kappa shape index (κ2) is 25.2. The number of unbranched alkanes of at least 4 members (excludes halogenated alkanes) is 15. The average molecular weight is 968 g/mol. The molecule has 45 heavy (non-hydrogen) atoms. The first-order valence-electron chi connectivity index (χ1n) is 16.4. The first kappa shape index (κ1) is 42.1. The molecule has 12 heteroatoms. The second-order valence-corrected chi connectivity index (χ2v) is 14.4. The van der Waals surface area contributed by atoms with Crippen LogP contribution in [0.5, 0.6) is 0 Å². The molecule has 0 radical (unpaired) electrons. The van der Waals surface area contributed by atoms with E-state index in [9.17, 15) is 19.2 Å².